The van der Waals surface area contributed by atoms with Crippen LogP contribution in [0.5, 0.6) is 5.75 Å². The van der Waals surface area contributed by atoms with Crippen molar-refractivity contribution in [3.05, 3.63) is 52.2 Å². The van der Waals surface area contributed by atoms with E-state index in [1.54, 1.807) is 11.3 Å². The Morgan fingerprint density at radius 2 is 2.16 bits per heavy atom. The van der Waals surface area contributed by atoms with Gasteiger partial charge in [-0.1, -0.05) is 18.2 Å². The molecule has 3 heteroatoms. The van der Waals surface area contributed by atoms with E-state index in [0.29, 0.717) is 13.0 Å². The van der Waals surface area contributed by atoms with Gasteiger partial charge in [0.25, 0.3) is 0 Å². The Morgan fingerprint density at radius 3 is 2.79 bits per heavy atom. The molecule has 0 radical (unpaired) electrons. The Hall–Kier alpha value is -1.61. The van der Waals surface area contributed by atoms with Crippen LogP contribution in [0.3, 0.4) is 0 Å². The molecule has 2 aromatic rings. The van der Waals surface area contributed by atoms with E-state index in [9.17, 15) is 4.79 Å². The molecule has 1 aromatic carbocycles. The van der Waals surface area contributed by atoms with Gasteiger partial charge in [-0.15, -0.1) is 11.3 Å². The Balaban J connectivity index is 2.23. The lowest BCUT2D eigenvalue weighted by atomic mass is 9.83. The van der Waals surface area contributed by atoms with Gasteiger partial charge in [0.1, 0.15) is 12.0 Å². The molecule has 100 valence electrons. The average molecular weight is 274 g/mol. The Kier molecular flexibility index (Phi) is 4.38. The molecular weight excluding hydrogens is 256 g/mol. The molecular formula is C16H18O2S. The number of carbonyl (C=O) groups is 1. The minimum absolute atomic E-state index is 0.459. The zero-order chi connectivity index (χ0) is 13.7. The number of thiophene rings is 1. The van der Waals surface area contributed by atoms with Crippen LogP contribution in [0.2, 0.25) is 0 Å². The molecule has 1 atom stereocenters. The van der Waals surface area contributed by atoms with Gasteiger partial charge in [-0.3, -0.25) is 0 Å². The summed E-state index contributed by atoms with van der Waals surface area (Å²) in [6.45, 7) is 4.60. The van der Waals surface area contributed by atoms with Crippen LogP contribution in [0.4, 0.5) is 0 Å². The predicted octanol–water partition coefficient (Wildman–Crippen LogP) is 3.85. The summed E-state index contributed by atoms with van der Waals surface area (Å²) in [5, 5.41) is 2.01. The van der Waals surface area contributed by atoms with Crippen molar-refractivity contribution in [2.24, 2.45) is 0 Å². The molecule has 0 aliphatic heterocycles. The van der Waals surface area contributed by atoms with Crippen LogP contribution < -0.4 is 4.74 Å². The molecule has 1 aromatic heterocycles. The van der Waals surface area contributed by atoms with Crippen molar-refractivity contribution in [1.29, 1.82) is 0 Å². The van der Waals surface area contributed by atoms with Gasteiger partial charge in [-0.25, -0.2) is 0 Å². The predicted molar refractivity (Wildman–Crippen MR) is 79.1 cm³/mol. The zero-order valence-electron chi connectivity index (χ0n) is 11.3. The Bertz CT molecular complexity index is 533. The molecule has 0 fully saturated rings. The highest BCUT2D eigenvalue weighted by Gasteiger charge is 2.27. The van der Waals surface area contributed by atoms with Crippen LogP contribution in [0.25, 0.3) is 0 Å². The third-order valence-corrected chi connectivity index (χ3v) is 4.27. The summed E-state index contributed by atoms with van der Waals surface area (Å²) in [7, 11) is 0. The molecule has 0 amide bonds. The van der Waals surface area contributed by atoms with Gasteiger partial charge >= 0.3 is 0 Å². The molecule has 19 heavy (non-hydrogen) atoms. The van der Waals surface area contributed by atoms with Crippen molar-refractivity contribution >= 4 is 17.6 Å². The van der Waals surface area contributed by atoms with E-state index in [-0.39, 0.29) is 0 Å². The highest BCUT2D eigenvalue weighted by molar-refractivity contribution is 7.10. The van der Waals surface area contributed by atoms with Crippen LogP contribution in [-0.2, 0) is 16.6 Å². The lowest BCUT2D eigenvalue weighted by molar-refractivity contribution is -0.112. The van der Waals surface area contributed by atoms with Gasteiger partial charge in [0.05, 0.1) is 12.0 Å². The quantitative estimate of drug-likeness (QED) is 0.748. The molecule has 0 saturated heterocycles. The maximum absolute atomic E-state index is 11.5. The second kappa shape index (κ2) is 6.02. The summed E-state index contributed by atoms with van der Waals surface area (Å²) < 4.78 is 5.50. The van der Waals surface area contributed by atoms with Crippen molar-refractivity contribution in [2.45, 2.75) is 25.7 Å². The van der Waals surface area contributed by atoms with Crippen LogP contribution in [0, 0.1) is 0 Å². The first-order valence-electron chi connectivity index (χ1n) is 6.40. The summed E-state index contributed by atoms with van der Waals surface area (Å²) >= 11 is 1.63. The van der Waals surface area contributed by atoms with Crippen LogP contribution in [0.1, 0.15) is 24.3 Å². The van der Waals surface area contributed by atoms with Gasteiger partial charge in [-0.05, 0) is 49.4 Å². The van der Waals surface area contributed by atoms with Crippen molar-refractivity contribution in [3.8, 4) is 5.75 Å². The number of hydrogen-bond donors (Lipinski definition) is 0. The van der Waals surface area contributed by atoms with Crippen molar-refractivity contribution < 1.29 is 9.53 Å². The molecule has 2 rings (SSSR count). The van der Waals surface area contributed by atoms with Gasteiger partial charge in [-0.2, -0.15) is 0 Å². The molecule has 0 spiro atoms. The van der Waals surface area contributed by atoms with Crippen molar-refractivity contribution in [1.82, 2.24) is 0 Å². The van der Waals surface area contributed by atoms with Crippen LogP contribution >= 0.6 is 11.3 Å². The summed E-state index contributed by atoms with van der Waals surface area (Å²) in [6.07, 6.45) is 1.74. The van der Waals surface area contributed by atoms with Gasteiger partial charge in [0, 0.05) is 4.88 Å². The largest absolute Gasteiger partial charge is 0.494 e. The molecule has 2 nitrogen and oxygen atoms in total. The number of ether oxygens (including phenoxy) is 1. The Labute approximate surface area is 118 Å². The topological polar surface area (TPSA) is 26.3 Å². The summed E-state index contributed by atoms with van der Waals surface area (Å²) in [5.74, 6) is 0.861. The summed E-state index contributed by atoms with van der Waals surface area (Å²) in [5.41, 5.74) is 0.660. The number of carbonyl (C=O) groups excluding carboxylic acids is 1. The molecule has 0 aliphatic carbocycles. The van der Waals surface area contributed by atoms with Crippen molar-refractivity contribution in [3.63, 3.8) is 0 Å². The first-order chi connectivity index (χ1) is 9.18. The number of benzene rings is 1. The minimum Gasteiger partial charge on any atom is -0.494 e. The third kappa shape index (κ3) is 3.24. The normalized spacial score (nSPS) is 13.8. The summed E-state index contributed by atoms with van der Waals surface area (Å²) in [4.78, 5) is 12.6. The van der Waals surface area contributed by atoms with E-state index >= 15 is 0 Å². The monoisotopic (exact) mass is 274 g/mol. The molecule has 1 heterocycles. The van der Waals surface area contributed by atoms with Gasteiger partial charge < -0.3 is 9.53 Å². The van der Waals surface area contributed by atoms with Crippen LogP contribution in [0.15, 0.2) is 41.8 Å². The van der Waals surface area contributed by atoms with Gasteiger partial charge in [0.15, 0.2) is 0 Å². The standard InChI is InChI=1S/C16H18O2S/c1-3-18-14-7-4-6-13(10-14)11-16(2,12-17)15-8-5-9-19-15/h4-10,12H,3,11H2,1-2H3. The maximum Gasteiger partial charge on any atom is 0.131 e. The molecule has 0 N–H and O–H groups in total. The lowest BCUT2D eigenvalue weighted by Gasteiger charge is -2.22. The van der Waals surface area contributed by atoms with Crippen LogP contribution in [-0.4, -0.2) is 12.9 Å². The molecule has 0 saturated carbocycles. The van der Waals surface area contributed by atoms with E-state index in [1.807, 2.05) is 55.6 Å². The fourth-order valence-corrected chi connectivity index (χ4v) is 2.98. The first-order valence-corrected chi connectivity index (χ1v) is 7.28. The second-order valence-electron chi connectivity index (χ2n) is 4.77. The van der Waals surface area contributed by atoms with E-state index in [4.69, 9.17) is 4.74 Å². The lowest BCUT2D eigenvalue weighted by Crippen LogP contribution is -2.25. The summed E-state index contributed by atoms with van der Waals surface area (Å²) in [6, 6.07) is 12.0. The average Bonchev–Trinajstić information content (AvgIpc) is 2.94. The highest BCUT2D eigenvalue weighted by Crippen LogP contribution is 2.30. The minimum atomic E-state index is -0.459. The smallest absolute Gasteiger partial charge is 0.131 e. The van der Waals surface area contributed by atoms with Crippen molar-refractivity contribution in [2.75, 3.05) is 6.61 Å². The van der Waals surface area contributed by atoms with E-state index < -0.39 is 5.41 Å². The fourth-order valence-electron chi connectivity index (χ4n) is 2.13. The SMILES string of the molecule is CCOc1cccc(CC(C)(C=O)c2cccs2)c1. The van der Waals surface area contributed by atoms with E-state index in [0.717, 1.165) is 22.5 Å². The molecule has 0 bridgehead atoms. The number of aldehydes is 1. The first kappa shape index (κ1) is 13.8. The number of hydrogen-bond acceptors (Lipinski definition) is 3. The molecule has 0 aliphatic rings. The van der Waals surface area contributed by atoms with E-state index in [1.165, 1.54) is 0 Å². The Morgan fingerprint density at radius 1 is 1.32 bits per heavy atom. The third-order valence-electron chi connectivity index (χ3n) is 3.12. The zero-order valence-corrected chi connectivity index (χ0v) is 12.1. The van der Waals surface area contributed by atoms with E-state index in [2.05, 4.69) is 0 Å². The fraction of sp³-hybridized carbons (Fsp3) is 0.312. The number of rotatable bonds is 6. The maximum atomic E-state index is 11.5. The second-order valence-corrected chi connectivity index (χ2v) is 5.72. The molecule has 1 unspecified atom stereocenters. The highest BCUT2D eigenvalue weighted by atomic mass is 32.1. The van der Waals surface area contributed by atoms with Gasteiger partial charge in [0.2, 0.25) is 0 Å².